The molecule has 0 aromatic heterocycles. The van der Waals surface area contributed by atoms with E-state index in [0.29, 0.717) is 30.8 Å². The summed E-state index contributed by atoms with van der Waals surface area (Å²) < 4.78 is 33.1. The highest BCUT2D eigenvalue weighted by Gasteiger charge is 2.19. The number of carbonyl (C=O) groups excluding carboxylic acids is 1. The van der Waals surface area contributed by atoms with Crippen LogP contribution in [0.4, 0.5) is 5.69 Å². The summed E-state index contributed by atoms with van der Waals surface area (Å²) in [6.07, 6.45) is 1.53. The van der Waals surface area contributed by atoms with Crippen LogP contribution in [-0.2, 0) is 16.4 Å². The van der Waals surface area contributed by atoms with Crippen LogP contribution in [0.1, 0.15) is 29.3 Å². The molecule has 2 aromatic rings. The van der Waals surface area contributed by atoms with E-state index in [2.05, 4.69) is 10.0 Å². The first-order chi connectivity index (χ1) is 12.0. The molecule has 1 heterocycles. The molecule has 2 aromatic carbocycles. The lowest BCUT2D eigenvalue weighted by Gasteiger charge is -2.10. The van der Waals surface area contributed by atoms with Crippen LogP contribution in [0.2, 0.25) is 0 Å². The third-order valence-electron chi connectivity index (χ3n) is 3.88. The summed E-state index contributed by atoms with van der Waals surface area (Å²) in [4.78, 5) is 12.2. The minimum Gasteiger partial charge on any atom is -0.493 e. The van der Waals surface area contributed by atoms with Crippen molar-refractivity contribution in [2.24, 2.45) is 0 Å². The van der Waals surface area contributed by atoms with Crippen LogP contribution in [0.3, 0.4) is 0 Å². The molecule has 1 amide bonds. The Morgan fingerprint density at radius 3 is 2.84 bits per heavy atom. The number of amides is 1. The lowest BCUT2D eigenvalue weighted by atomic mass is 10.2. The summed E-state index contributed by atoms with van der Waals surface area (Å²) in [6.45, 7) is 3.11. The first-order valence-corrected chi connectivity index (χ1v) is 9.65. The fourth-order valence-electron chi connectivity index (χ4n) is 2.61. The van der Waals surface area contributed by atoms with Gasteiger partial charge in [0.05, 0.1) is 11.5 Å². The number of sulfonamides is 1. The zero-order valence-corrected chi connectivity index (χ0v) is 14.7. The lowest BCUT2D eigenvalue weighted by Crippen LogP contribution is -2.24. The van der Waals surface area contributed by atoms with Crippen molar-refractivity contribution in [2.45, 2.75) is 24.7 Å². The van der Waals surface area contributed by atoms with Crippen molar-refractivity contribution in [2.75, 3.05) is 17.9 Å². The van der Waals surface area contributed by atoms with Gasteiger partial charge in [-0.1, -0.05) is 13.0 Å². The molecule has 6 nitrogen and oxygen atoms in total. The monoisotopic (exact) mass is 360 g/mol. The molecule has 25 heavy (non-hydrogen) atoms. The van der Waals surface area contributed by atoms with Gasteiger partial charge >= 0.3 is 0 Å². The molecule has 7 heteroatoms. The lowest BCUT2D eigenvalue weighted by molar-refractivity contribution is 0.0953. The van der Waals surface area contributed by atoms with Crippen molar-refractivity contribution in [1.29, 1.82) is 0 Å². The van der Waals surface area contributed by atoms with E-state index in [-0.39, 0.29) is 10.8 Å². The molecule has 0 spiro atoms. The van der Waals surface area contributed by atoms with Crippen molar-refractivity contribution in [1.82, 2.24) is 5.32 Å². The number of fused-ring (bicyclic) bond motifs is 1. The van der Waals surface area contributed by atoms with Crippen molar-refractivity contribution < 1.29 is 17.9 Å². The molecule has 0 unspecified atom stereocenters. The Kier molecular flexibility index (Phi) is 4.94. The summed E-state index contributed by atoms with van der Waals surface area (Å²) in [5, 5.41) is 2.77. The predicted octanol–water partition coefficient (Wildman–Crippen LogP) is 2.56. The quantitative estimate of drug-likeness (QED) is 0.829. The van der Waals surface area contributed by atoms with Gasteiger partial charge in [0, 0.05) is 24.2 Å². The normalized spacial score (nSPS) is 13.0. The van der Waals surface area contributed by atoms with Crippen LogP contribution in [-0.4, -0.2) is 27.5 Å². The van der Waals surface area contributed by atoms with Gasteiger partial charge in [-0.3, -0.25) is 9.52 Å². The summed E-state index contributed by atoms with van der Waals surface area (Å²) in [5.74, 6) is 0.506. The van der Waals surface area contributed by atoms with E-state index >= 15 is 0 Å². The highest BCUT2D eigenvalue weighted by Crippen LogP contribution is 2.28. The molecule has 1 aliphatic rings. The number of anilines is 1. The highest BCUT2D eigenvalue weighted by atomic mass is 32.2. The summed E-state index contributed by atoms with van der Waals surface area (Å²) in [5.41, 5.74) is 1.65. The summed E-state index contributed by atoms with van der Waals surface area (Å²) in [6, 6.07) is 11.3. The Hall–Kier alpha value is -2.54. The standard InChI is InChI=1S/C18H20N2O4S/c1-2-9-19-18(21)14-4-3-5-15(11-14)20-25(22,23)16-6-7-17-13(12-16)8-10-24-17/h3-7,11-12,20H,2,8-10H2,1H3,(H,19,21). The van der Waals surface area contributed by atoms with Crippen LogP contribution >= 0.6 is 0 Å². The Morgan fingerprint density at radius 1 is 1.20 bits per heavy atom. The zero-order chi connectivity index (χ0) is 17.9. The van der Waals surface area contributed by atoms with E-state index in [1.165, 1.54) is 12.1 Å². The summed E-state index contributed by atoms with van der Waals surface area (Å²) >= 11 is 0. The second-order valence-electron chi connectivity index (χ2n) is 5.81. The molecule has 0 atom stereocenters. The SMILES string of the molecule is CCCNC(=O)c1cccc(NS(=O)(=O)c2ccc3c(c2)CCO3)c1. The second kappa shape index (κ2) is 7.14. The minimum absolute atomic E-state index is 0.178. The van der Waals surface area contributed by atoms with Gasteiger partial charge in [-0.25, -0.2) is 8.42 Å². The maximum Gasteiger partial charge on any atom is 0.261 e. The van der Waals surface area contributed by atoms with Gasteiger partial charge in [0.2, 0.25) is 0 Å². The van der Waals surface area contributed by atoms with Crippen molar-refractivity contribution in [3.05, 3.63) is 53.6 Å². The van der Waals surface area contributed by atoms with Gasteiger partial charge in [-0.05, 0) is 48.4 Å². The van der Waals surface area contributed by atoms with Crippen LogP contribution in [0.25, 0.3) is 0 Å². The number of hydrogen-bond acceptors (Lipinski definition) is 4. The van der Waals surface area contributed by atoms with E-state index in [4.69, 9.17) is 4.74 Å². The molecular weight excluding hydrogens is 340 g/mol. The van der Waals surface area contributed by atoms with Gasteiger partial charge < -0.3 is 10.1 Å². The first kappa shape index (κ1) is 17.3. The topological polar surface area (TPSA) is 84.5 Å². The Morgan fingerprint density at radius 2 is 2.04 bits per heavy atom. The molecule has 0 saturated heterocycles. The molecule has 0 aliphatic carbocycles. The summed E-state index contributed by atoms with van der Waals surface area (Å²) in [7, 11) is -3.73. The number of rotatable bonds is 6. The molecule has 3 rings (SSSR count). The van der Waals surface area contributed by atoms with E-state index in [1.54, 1.807) is 30.3 Å². The zero-order valence-electron chi connectivity index (χ0n) is 13.9. The number of ether oxygens (including phenoxy) is 1. The van der Waals surface area contributed by atoms with Gasteiger partial charge in [0.15, 0.2) is 0 Å². The maximum absolute atomic E-state index is 12.6. The van der Waals surface area contributed by atoms with E-state index < -0.39 is 10.0 Å². The molecule has 132 valence electrons. The molecule has 0 radical (unpaired) electrons. The van der Waals surface area contributed by atoms with Crippen molar-refractivity contribution in [3.8, 4) is 5.75 Å². The van der Waals surface area contributed by atoms with Crippen LogP contribution in [0.15, 0.2) is 47.4 Å². The molecule has 0 fully saturated rings. The fourth-order valence-corrected chi connectivity index (χ4v) is 3.71. The number of hydrogen-bond donors (Lipinski definition) is 2. The first-order valence-electron chi connectivity index (χ1n) is 8.16. The third-order valence-corrected chi connectivity index (χ3v) is 5.26. The number of carbonyl (C=O) groups is 1. The fraction of sp³-hybridized carbons (Fsp3) is 0.278. The molecule has 0 saturated carbocycles. The van der Waals surface area contributed by atoms with Crippen LogP contribution in [0, 0.1) is 0 Å². The average Bonchev–Trinajstić information content (AvgIpc) is 3.07. The second-order valence-corrected chi connectivity index (χ2v) is 7.49. The molecule has 2 N–H and O–H groups in total. The third kappa shape index (κ3) is 3.93. The minimum atomic E-state index is -3.73. The number of benzene rings is 2. The largest absolute Gasteiger partial charge is 0.493 e. The van der Waals surface area contributed by atoms with Crippen LogP contribution in [0.5, 0.6) is 5.75 Å². The van der Waals surface area contributed by atoms with E-state index in [0.717, 1.165) is 17.7 Å². The van der Waals surface area contributed by atoms with Crippen molar-refractivity contribution in [3.63, 3.8) is 0 Å². The van der Waals surface area contributed by atoms with Gasteiger partial charge in [0.25, 0.3) is 15.9 Å². The number of nitrogens with one attached hydrogen (secondary N) is 2. The Balaban J connectivity index is 1.80. The molecule has 0 bridgehead atoms. The van der Waals surface area contributed by atoms with Gasteiger partial charge in [-0.2, -0.15) is 0 Å². The van der Waals surface area contributed by atoms with Gasteiger partial charge in [0.1, 0.15) is 5.75 Å². The van der Waals surface area contributed by atoms with Gasteiger partial charge in [-0.15, -0.1) is 0 Å². The van der Waals surface area contributed by atoms with E-state index in [1.807, 2.05) is 6.92 Å². The Labute approximate surface area is 147 Å². The predicted molar refractivity (Wildman–Crippen MR) is 95.5 cm³/mol. The average molecular weight is 360 g/mol. The molecule has 1 aliphatic heterocycles. The van der Waals surface area contributed by atoms with Crippen molar-refractivity contribution >= 4 is 21.6 Å². The van der Waals surface area contributed by atoms with E-state index in [9.17, 15) is 13.2 Å². The smallest absolute Gasteiger partial charge is 0.261 e. The molecular formula is C18H20N2O4S. The Bertz CT molecular complexity index is 894. The highest BCUT2D eigenvalue weighted by molar-refractivity contribution is 7.92. The maximum atomic E-state index is 12.6. The van der Waals surface area contributed by atoms with Crippen LogP contribution < -0.4 is 14.8 Å².